The van der Waals surface area contributed by atoms with Crippen molar-refractivity contribution >= 4 is 34.8 Å². The second-order valence-electron chi connectivity index (χ2n) is 5.80. The number of hydrogen-bond donors (Lipinski definition) is 2. The lowest BCUT2D eigenvalue weighted by atomic mass is 10.2. The van der Waals surface area contributed by atoms with Gasteiger partial charge in [-0.2, -0.15) is 0 Å². The highest BCUT2D eigenvalue weighted by Crippen LogP contribution is 2.30. The predicted molar refractivity (Wildman–Crippen MR) is 113 cm³/mol. The van der Waals surface area contributed by atoms with Crippen LogP contribution in [0.3, 0.4) is 0 Å². The summed E-state index contributed by atoms with van der Waals surface area (Å²) in [7, 11) is 3.57. The van der Waals surface area contributed by atoms with E-state index in [1.54, 1.807) is 19.0 Å². The van der Waals surface area contributed by atoms with E-state index in [-0.39, 0.29) is 17.0 Å². The number of rotatable bonds is 5. The number of carboxylic acid groups (broad SMARTS) is 1. The fraction of sp³-hybridized carbons (Fsp3) is 0.200. The first-order valence-corrected chi connectivity index (χ1v) is 9.18. The van der Waals surface area contributed by atoms with E-state index in [4.69, 9.17) is 11.6 Å². The van der Waals surface area contributed by atoms with Crippen LogP contribution in [0.2, 0.25) is 5.02 Å². The molecule has 0 saturated heterocycles. The molecule has 0 aliphatic carbocycles. The van der Waals surface area contributed by atoms with E-state index >= 15 is 0 Å². The van der Waals surface area contributed by atoms with Crippen LogP contribution in [0, 0.1) is 5.82 Å². The van der Waals surface area contributed by atoms with Gasteiger partial charge in [0.25, 0.3) is 0 Å². The Bertz CT molecular complexity index is 1010. The highest BCUT2D eigenvalue weighted by atomic mass is 35.5. The van der Waals surface area contributed by atoms with Crippen molar-refractivity contribution in [2.24, 2.45) is 0 Å². The monoisotopic (exact) mass is 417 g/mol. The van der Waals surface area contributed by atoms with Gasteiger partial charge < -0.3 is 15.3 Å². The summed E-state index contributed by atoms with van der Waals surface area (Å²) in [6, 6.07) is 5.62. The van der Waals surface area contributed by atoms with Crippen LogP contribution in [0.15, 0.2) is 42.9 Å². The number of aromatic carboxylic acids is 1. The third-order valence-corrected chi connectivity index (χ3v) is 3.96. The van der Waals surface area contributed by atoms with Crippen molar-refractivity contribution in [3.8, 4) is 11.4 Å². The van der Waals surface area contributed by atoms with Gasteiger partial charge in [-0.05, 0) is 24.3 Å². The minimum Gasteiger partial charge on any atom is -0.478 e. The highest BCUT2D eigenvalue weighted by Gasteiger charge is 2.16. The van der Waals surface area contributed by atoms with Crippen LogP contribution in [0.1, 0.15) is 24.2 Å². The molecule has 0 unspecified atom stereocenters. The number of benzene rings is 1. The van der Waals surface area contributed by atoms with Gasteiger partial charge >= 0.3 is 5.97 Å². The van der Waals surface area contributed by atoms with Crippen LogP contribution in [0.25, 0.3) is 11.4 Å². The molecule has 0 amide bonds. The number of pyridine rings is 1. The summed E-state index contributed by atoms with van der Waals surface area (Å²) >= 11 is 5.96. The molecule has 0 radical (unpaired) electrons. The van der Waals surface area contributed by atoms with Gasteiger partial charge in [0.2, 0.25) is 0 Å². The molecule has 152 valence electrons. The number of hydrogen-bond acceptors (Lipinski definition) is 6. The molecular formula is C20H21ClFN5O2. The van der Waals surface area contributed by atoms with Crippen molar-refractivity contribution in [1.29, 1.82) is 0 Å². The van der Waals surface area contributed by atoms with Crippen molar-refractivity contribution in [2.45, 2.75) is 13.8 Å². The van der Waals surface area contributed by atoms with Crippen molar-refractivity contribution in [2.75, 3.05) is 24.3 Å². The lowest BCUT2D eigenvalue weighted by Crippen LogP contribution is -2.14. The van der Waals surface area contributed by atoms with Crippen LogP contribution < -0.4 is 10.2 Å². The minimum absolute atomic E-state index is 0.0173. The minimum atomic E-state index is -1.13. The quantitative estimate of drug-likeness (QED) is 0.612. The Morgan fingerprint density at radius 3 is 2.59 bits per heavy atom. The Kier molecular flexibility index (Phi) is 7.44. The van der Waals surface area contributed by atoms with E-state index in [0.29, 0.717) is 22.2 Å². The summed E-state index contributed by atoms with van der Waals surface area (Å²) in [5, 5.41) is 12.7. The molecule has 3 aromatic rings. The Morgan fingerprint density at radius 2 is 1.93 bits per heavy atom. The van der Waals surface area contributed by atoms with Crippen LogP contribution in [-0.4, -0.2) is 40.1 Å². The summed E-state index contributed by atoms with van der Waals surface area (Å²) in [6.07, 6.45) is 4.22. The topological polar surface area (TPSA) is 91.2 Å². The summed E-state index contributed by atoms with van der Waals surface area (Å²) in [5.41, 5.74) is 1.02. The Labute approximate surface area is 173 Å². The number of nitrogens with zero attached hydrogens (tertiary/aromatic N) is 4. The van der Waals surface area contributed by atoms with Gasteiger partial charge in [-0.25, -0.2) is 19.2 Å². The van der Waals surface area contributed by atoms with Crippen molar-refractivity contribution < 1.29 is 14.3 Å². The van der Waals surface area contributed by atoms with Crippen molar-refractivity contribution in [3.63, 3.8) is 0 Å². The molecule has 0 saturated carbocycles. The number of aromatic nitrogens is 3. The summed E-state index contributed by atoms with van der Waals surface area (Å²) < 4.78 is 14.2. The predicted octanol–water partition coefficient (Wildman–Crippen LogP) is 4.87. The first-order chi connectivity index (χ1) is 13.9. The molecular weight excluding hydrogens is 397 g/mol. The van der Waals surface area contributed by atoms with Gasteiger partial charge in [-0.1, -0.05) is 25.4 Å². The normalized spacial score (nSPS) is 10.0. The van der Waals surface area contributed by atoms with E-state index < -0.39 is 11.8 Å². The Hall–Kier alpha value is -3.26. The summed E-state index contributed by atoms with van der Waals surface area (Å²) in [5.74, 6) is -1.21. The van der Waals surface area contributed by atoms with E-state index in [2.05, 4.69) is 20.3 Å². The van der Waals surface area contributed by atoms with Crippen molar-refractivity contribution in [3.05, 3.63) is 59.3 Å². The fourth-order valence-electron chi connectivity index (χ4n) is 2.39. The lowest BCUT2D eigenvalue weighted by molar-refractivity contribution is 0.0697. The largest absolute Gasteiger partial charge is 0.478 e. The molecule has 2 N–H and O–H groups in total. The standard InChI is InChI=1S/C18H15ClFN5O2.C2H6/c1-25(2)15-9-22-16(11-7-10(19)3-4-13(11)20)24-17(15)23-14-5-6-21-8-12(14)18(26)27;1-2/h3-9H,1-2H3,(H,26,27)(H,21,22,23,24);1-2H3. The van der Waals surface area contributed by atoms with Gasteiger partial charge in [0, 0.05) is 31.5 Å². The second-order valence-corrected chi connectivity index (χ2v) is 6.23. The maximum absolute atomic E-state index is 14.2. The third-order valence-electron chi connectivity index (χ3n) is 3.73. The number of anilines is 3. The average molecular weight is 418 g/mol. The molecule has 0 fully saturated rings. The molecule has 2 aromatic heterocycles. The average Bonchev–Trinajstić information content (AvgIpc) is 2.71. The number of carboxylic acids is 1. The van der Waals surface area contributed by atoms with Crippen LogP contribution in [0.4, 0.5) is 21.6 Å². The van der Waals surface area contributed by atoms with E-state index in [0.717, 1.165) is 0 Å². The van der Waals surface area contributed by atoms with E-state index in [9.17, 15) is 14.3 Å². The Morgan fingerprint density at radius 1 is 1.21 bits per heavy atom. The molecule has 0 atom stereocenters. The zero-order valence-corrected chi connectivity index (χ0v) is 17.2. The molecule has 9 heteroatoms. The zero-order valence-electron chi connectivity index (χ0n) is 16.4. The van der Waals surface area contributed by atoms with Crippen molar-refractivity contribution in [1.82, 2.24) is 15.0 Å². The SMILES string of the molecule is CC.CN(C)c1cnc(-c2cc(Cl)ccc2F)nc1Nc1ccncc1C(=O)O. The molecule has 0 aliphatic rings. The lowest BCUT2D eigenvalue weighted by Gasteiger charge is -2.18. The molecule has 0 aliphatic heterocycles. The maximum Gasteiger partial charge on any atom is 0.339 e. The van der Waals surface area contributed by atoms with Gasteiger partial charge in [-0.3, -0.25) is 4.98 Å². The van der Waals surface area contributed by atoms with Crippen LogP contribution in [-0.2, 0) is 0 Å². The molecule has 29 heavy (non-hydrogen) atoms. The number of carbonyl (C=O) groups is 1. The van der Waals surface area contributed by atoms with Gasteiger partial charge in [0.15, 0.2) is 11.6 Å². The molecule has 2 heterocycles. The molecule has 0 spiro atoms. The third kappa shape index (κ3) is 5.17. The zero-order chi connectivity index (χ0) is 21.6. The van der Waals surface area contributed by atoms with E-state index in [1.165, 1.54) is 42.9 Å². The molecule has 1 aromatic carbocycles. The summed E-state index contributed by atoms with van der Waals surface area (Å²) in [4.78, 5) is 25.6. The van der Waals surface area contributed by atoms with Crippen LogP contribution in [0.5, 0.6) is 0 Å². The second kappa shape index (κ2) is 9.79. The van der Waals surface area contributed by atoms with Gasteiger partial charge in [0.1, 0.15) is 11.4 Å². The highest BCUT2D eigenvalue weighted by molar-refractivity contribution is 6.30. The molecule has 7 nitrogen and oxygen atoms in total. The summed E-state index contributed by atoms with van der Waals surface area (Å²) in [6.45, 7) is 4.00. The maximum atomic E-state index is 14.2. The molecule has 0 bridgehead atoms. The number of halogens is 2. The fourth-order valence-corrected chi connectivity index (χ4v) is 2.57. The van der Waals surface area contributed by atoms with Gasteiger partial charge in [0.05, 0.1) is 23.1 Å². The number of nitrogens with one attached hydrogen (secondary N) is 1. The first-order valence-electron chi connectivity index (χ1n) is 8.81. The smallest absolute Gasteiger partial charge is 0.339 e. The van der Waals surface area contributed by atoms with E-state index in [1.807, 2.05) is 13.8 Å². The molecule has 3 rings (SSSR count). The van der Waals surface area contributed by atoms with Crippen LogP contribution >= 0.6 is 11.6 Å². The Balaban J connectivity index is 0.00000145. The van der Waals surface area contributed by atoms with Gasteiger partial charge in [-0.15, -0.1) is 0 Å². The first kappa shape index (κ1) is 22.0.